The van der Waals surface area contributed by atoms with E-state index < -0.39 is 0 Å². The Balaban J connectivity index is 1.68. The number of nitrogens with zero attached hydrogens (tertiary/aromatic N) is 4. The topological polar surface area (TPSA) is 101 Å². The van der Waals surface area contributed by atoms with Crippen LogP contribution in [0, 0.1) is 0 Å². The number of anilines is 3. The molecule has 182 valence electrons. The molecule has 9 nitrogen and oxygen atoms in total. The van der Waals surface area contributed by atoms with Gasteiger partial charge in [-0.2, -0.15) is 0 Å². The first-order chi connectivity index (χ1) is 16.4. The molecule has 0 saturated carbocycles. The molecule has 3 heterocycles. The Morgan fingerprint density at radius 2 is 2.03 bits per heavy atom. The van der Waals surface area contributed by atoms with Gasteiger partial charge in [-0.15, -0.1) is 0 Å². The van der Waals surface area contributed by atoms with E-state index in [0.717, 1.165) is 29.7 Å². The summed E-state index contributed by atoms with van der Waals surface area (Å²) in [5.74, 6) is 1.02. The van der Waals surface area contributed by atoms with Gasteiger partial charge in [0, 0.05) is 13.1 Å². The number of hydrogen-bond acceptors (Lipinski definition) is 7. The number of fused-ring (bicyclic) bond motifs is 1. The predicted octanol–water partition coefficient (Wildman–Crippen LogP) is -0.197. The summed E-state index contributed by atoms with van der Waals surface area (Å²) in [6.07, 6.45) is 1.62. The molecule has 34 heavy (non-hydrogen) atoms. The van der Waals surface area contributed by atoms with Gasteiger partial charge >= 0.3 is 149 Å². The molecular formula is C23H27ClIN6O3-. The van der Waals surface area contributed by atoms with Crippen molar-refractivity contribution in [1.29, 1.82) is 0 Å². The summed E-state index contributed by atoms with van der Waals surface area (Å²) in [7, 11) is 1.52. The predicted molar refractivity (Wildman–Crippen MR) is 130 cm³/mol. The first kappa shape index (κ1) is 24.5. The number of hydrogen-bond donors (Lipinski definition) is 2. The number of ether oxygens (including phenoxy) is 1. The van der Waals surface area contributed by atoms with Crippen molar-refractivity contribution in [2.75, 3.05) is 45.8 Å². The number of likely N-dealkylation sites (N-methyl/N-ethyl adjacent to an activating group) is 1. The average molecular weight is 598 g/mol. The van der Waals surface area contributed by atoms with E-state index in [2.05, 4.69) is 25.5 Å². The molecule has 0 unspecified atom stereocenters. The number of alkyl halides is 2. The van der Waals surface area contributed by atoms with Crippen LogP contribution in [0.3, 0.4) is 0 Å². The van der Waals surface area contributed by atoms with Crippen LogP contribution >= 0.6 is 11.6 Å². The minimum Gasteiger partial charge on any atom is -0.265 e. The van der Waals surface area contributed by atoms with E-state index >= 15 is 0 Å². The van der Waals surface area contributed by atoms with Gasteiger partial charge in [-0.1, -0.05) is 0 Å². The number of aromatic nitrogens is 3. The summed E-state index contributed by atoms with van der Waals surface area (Å²) in [4.78, 5) is 35.9. The number of carbonyl (C=O) groups is 1. The molecule has 1 saturated heterocycles. The Morgan fingerprint density at radius 3 is 2.74 bits per heavy atom. The maximum atomic E-state index is 13.0. The van der Waals surface area contributed by atoms with E-state index in [4.69, 9.17) is 16.3 Å². The molecule has 0 aliphatic carbocycles. The van der Waals surface area contributed by atoms with Gasteiger partial charge in [0.15, 0.2) is 6.61 Å². The van der Waals surface area contributed by atoms with Crippen molar-refractivity contribution in [2.24, 2.45) is 0 Å². The van der Waals surface area contributed by atoms with E-state index in [-0.39, 0.29) is 29.9 Å². The Labute approximate surface area is 213 Å². The molecule has 1 aromatic carbocycles. The standard InChI is InChI=1S/C23H27ClIN6O3/c1-14(2)31-18-5-4-16(10-15(18)11-19(22(31)33)34-13-20(32)26-3)28-21-17(24)12-27-23(29-21)30-8-6-25-7-9-30/h4-5,10-12,14H,6-9,13H2,1-3H3,(H,26,32)(H,27,28,29)/q-1. The van der Waals surface area contributed by atoms with Crippen molar-refractivity contribution in [3.05, 3.63) is 45.8 Å². The van der Waals surface area contributed by atoms with Gasteiger partial charge in [-0.05, 0) is 13.8 Å². The van der Waals surface area contributed by atoms with Gasteiger partial charge in [0.05, 0.1) is 0 Å². The fraction of sp³-hybridized carbons (Fsp3) is 0.391. The summed E-state index contributed by atoms with van der Waals surface area (Å²) in [5.41, 5.74) is 1.25. The van der Waals surface area contributed by atoms with E-state index in [1.165, 1.54) is 15.9 Å². The first-order valence-electron chi connectivity index (χ1n) is 11.0. The number of carbonyl (C=O) groups excluding carboxylic acids is 1. The number of benzene rings is 1. The molecule has 3 aromatic rings. The minimum atomic E-state index is -0.309. The third-order valence-corrected chi connectivity index (χ3v) is 8.18. The van der Waals surface area contributed by atoms with Crippen LogP contribution in [-0.2, 0) is 4.79 Å². The van der Waals surface area contributed by atoms with Gasteiger partial charge in [0.25, 0.3) is 11.5 Å². The molecule has 2 aromatic heterocycles. The second kappa shape index (κ2) is 10.8. The van der Waals surface area contributed by atoms with E-state index in [1.54, 1.807) is 16.8 Å². The zero-order valence-corrected chi connectivity index (χ0v) is 22.2. The second-order valence-corrected chi connectivity index (χ2v) is 11.7. The number of rotatable bonds is 7. The molecule has 11 heteroatoms. The van der Waals surface area contributed by atoms with E-state index in [1.807, 2.05) is 32.0 Å². The van der Waals surface area contributed by atoms with Gasteiger partial charge in [0.2, 0.25) is 0 Å². The number of nitrogens with one attached hydrogen (secondary N) is 2. The van der Waals surface area contributed by atoms with Gasteiger partial charge in [-0.25, -0.2) is 0 Å². The van der Waals surface area contributed by atoms with Crippen molar-refractivity contribution in [3.8, 4) is 5.75 Å². The molecule has 0 atom stereocenters. The van der Waals surface area contributed by atoms with Crippen molar-refractivity contribution in [2.45, 2.75) is 19.9 Å². The molecule has 1 aliphatic rings. The quantitative estimate of drug-likeness (QED) is 0.288. The monoisotopic (exact) mass is 597 g/mol. The van der Waals surface area contributed by atoms with E-state index in [9.17, 15) is 9.59 Å². The van der Waals surface area contributed by atoms with Crippen LogP contribution in [0.5, 0.6) is 5.75 Å². The third-order valence-electron chi connectivity index (χ3n) is 5.41. The molecule has 1 aliphatic heterocycles. The van der Waals surface area contributed by atoms with Crippen molar-refractivity contribution in [3.63, 3.8) is 0 Å². The molecule has 0 bridgehead atoms. The molecule has 1 fully saturated rings. The SMILES string of the molecule is CNC(=O)COc1cc2cc(Nc3nc(N4CC[I-]CC4)ncc3Cl)ccc2n(C(C)C)c1=O. The van der Waals surface area contributed by atoms with Gasteiger partial charge < -0.3 is 10.1 Å². The third kappa shape index (κ3) is 5.38. The normalized spacial score (nSPS) is 14.1. The van der Waals surface area contributed by atoms with Crippen LogP contribution in [-0.4, -0.2) is 56.0 Å². The zero-order valence-electron chi connectivity index (χ0n) is 19.3. The summed E-state index contributed by atoms with van der Waals surface area (Å²) in [6, 6.07) is 7.24. The molecule has 4 rings (SSSR count). The van der Waals surface area contributed by atoms with E-state index in [0.29, 0.717) is 38.0 Å². The molecule has 1 amide bonds. The molecule has 0 radical (unpaired) electrons. The summed E-state index contributed by atoms with van der Waals surface area (Å²) in [6.45, 7) is 5.59. The van der Waals surface area contributed by atoms with Crippen LogP contribution in [0.4, 0.5) is 17.5 Å². The zero-order chi connectivity index (χ0) is 24.2. The van der Waals surface area contributed by atoms with Crippen LogP contribution in [0.25, 0.3) is 10.9 Å². The molecule has 0 spiro atoms. The second-order valence-electron chi connectivity index (χ2n) is 8.06. The van der Waals surface area contributed by atoms with Crippen LogP contribution in [0.15, 0.2) is 35.3 Å². The summed E-state index contributed by atoms with van der Waals surface area (Å²) in [5, 5.41) is 6.99. The molecular weight excluding hydrogens is 571 g/mol. The summed E-state index contributed by atoms with van der Waals surface area (Å²) >= 11 is 6.70. The number of halogens is 2. The first-order valence-corrected chi connectivity index (χ1v) is 14.4. The Hall–Kier alpha value is -2.60. The van der Waals surface area contributed by atoms with Crippen LogP contribution < -0.4 is 47.0 Å². The van der Waals surface area contributed by atoms with Gasteiger partial charge in [0.1, 0.15) is 0 Å². The smallest absolute Gasteiger partial charge is 0.265 e. The fourth-order valence-electron chi connectivity index (χ4n) is 3.69. The van der Waals surface area contributed by atoms with Gasteiger partial charge in [-0.3, -0.25) is 9.59 Å². The van der Waals surface area contributed by atoms with Crippen LogP contribution in [0.2, 0.25) is 5.02 Å². The van der Waals surface area contributed by atoms with Crippen molar-refractivity contribution < 1.29 is 30.7 Å². The fourth-order valence-corrected chi connectivity index (χ4v) is 6.22. The number of pyridine rings is 1. The Morgan fingerprint density at radius 1 is 1.26 bits per heavy atom. The van der Waals surface area contributed by atoms with Crippen molar-refractivity contribution >= 4 is 45.9 Å². The molecule has 2 N–H and O–H groups in total. The van der Waals surface area contributed by atoms with Crippen molar-refractivity contribution in [1.82, 2.24) is 19.9 Å². The average Bonchev–Trinajstić information content (AvgIpc) is 2.84. The Kier molecular flexibility index (Phi) is 7.77. The van der Waals surface area contributed by atoms with Crippen LogP contribution in [0.1, 0.15) is 19.9 Å². The maximum absolute atomic E-state index is 13.0. The summed E-state index contributed by atoms with van der Waals surface area (Å²) < 4.78 is 9.67. The Bertz CT molecular complexity index is 1260. The minimum absolute atomic E-state index is 0.0943. The number of amides is 1.